The van der Waals surface area contributed by atoms with Crippen LogP contribution in [-0.2, 0) is 4.79 Å². The summed E-state index contributed by atoms with van der Waals surface area (Å²) in [4.78, 5) is 15.6. The number of carbonyl (C=O) groups is 1. The average Bonchev–Trinajstić information content (AvgIpc) is 2.53. The highest BCUT2D eigenvalue weighted by molar-refractivity contribution is 5.70. The molecule has 4 nitrogen and oxygen atoms in total. The Kier molecular flexibility index (Phi) is 7.78. The molecule has 22 heavy (non-hydrogen) atoms. The number of rotatable bonds is 10. The normalized spacial score (nSPS) is 12.0. The van der Waals surface area contributed by atoms with Gasteiger partial charge in [-0.15, -0.1) is 0 Å². The molecule has 0 amide bonds. The van der Waals surface area contributed by atoms with Gasteiger partial charge in [0, 0.05) is 37.6 Å². The first-order valence-electron chi connectivity index (χ1n) is 8.36. The van der Waals surface area contributed by atoms with Crippen LogP contribution < -0.4 is 9.80 Å². The summed E-state index contributed by atoms with van der Waals surface area (Å²) in [5.41, 5.74) is 2.33. The highest BCUT2D eigenvalue weighted by atomic mass is 16.4. The zero-order valence-corrected chi connectivity index (χ0v) is 14.4. The van der Waals surface area contributed by atoms with Crippen LogP contribution in [0.4, 0.5) is 11.4 Å². The first kappa shape index (κ1) is 18.3. The van der Waals surface area contributed by atoms with Gasteiger partial charge in [-0.2, -0.15) is 0 Å². The van der Waals surface area contributed by atoms with Crippen LogP contribution in [0.25, 0.3) is 0 Å². The van der Waals surface area contributed by atoms with E-state index < -0.39 is 5.97 Å². The highest BCUT2D eigenvalue weighted by Crippen LogP contribution is 2.22. The summed E-state index contributed by atoms with van der Waals surface area (Å²) in [6.07, 6.45) is 2.18. The minimum atomic E-state index is -0.735. The summed E-state index contributed by atoms with van der Waals surface area (Å²) in [5, 5.41) is 9.15. The number of anilines is 2. The molecular formula is C18H30N2O2. The number of hydrogen-bond donors (Lipinski definition) is 1. The standard InChI is InChI=1S/C18H30N2O2/c1-5-8-13-20(14-15(4)18(21)22)17-11-9-16(10-12-17)19(6-2)7-3/h9-12,15H,5-8,13-14H2,1-4H3,(H,21,22). The first-order chi connectivity index (χ1) is 10.5. The van der Waals surface area contributed by atoms with Gasteiger partial charge in [0.25, 0.3) is 0 Å². The number of unbranched alkanes of at least 4 members (excludes halogenated alkanes) is 1. The Morgan fingerprint density at radius 1 is 1.05 bits per heavy atom. The van der Waals surface area contributed by atoms with Gasteiger partial charge in [-0.05, 0) is 44.5 Å². The van der Waals surface area contributed by atoms with E-state index in [1.54, 1.807) is 6.92 Å². The molecule has 0 aromatic heterocycles. The van der Waals surface area contributed by atoms with Crippen molar-refractivity contribution in [1.82, 2.24) is 0 Å². The minimum absolute atomic E-state index is 0.362. The molecule has 0 fully saturated rings. The molecular weight excluding hydrogens is 276 g/mol. The average molecular weight is 306 g/mol. The predicted molar refractivity (Wildman–Crippen MR) is 93.9 cm³/mol. The van der Waals surface area contributed by atoms with E-state index in [-0.39, 0.29) is 5.92 Å². The molecule has 1 N–H and O–H groups in total. The van der Waals surface area contributed by atoms with Gasteiger partial charge < -0.3 is 14.9 Å². The molecule has 0 bridgehead atoms. The molecule has 1 aromatic rings. The van der Waals surface area contributed by atoms with Crippen molar-refractivity contribution in [2.75, 3.05) is 36.0 Å². The quantitative estimate of drug-likeness (QED) is 0.713. The van der Waals surface area contributed by atoms with E-state index in [1.807, 2.05) is 0 Å². The van der Waals surface area contributed by atoms with E-state index in [0.29, 0.717) is 6.54 Å². The van der Waals surface area contributed by atoms with Crippen LogP contribution in [0.15, 0.2) is 24.3 Å². The largest absolute Gasteiger partial charge is 0.481 e. The molecule has 0 aliphatic carbocycles. The fourth-order valence-corrected chi connectivity index (χ4v) is 2.55. The molecule has 1 aromatic carbocycles. The van der Waals surface area contributed by atoms with Crippen LogP contribution in [0.5, 0.6) is 0 Å². The third kappa shape index (κ3) is 5.24. The van der Waals surface area contributed by atoms with Crippen molar-refractivity contribution < 1.29 is 9.90 Å². The van der Waals surface area contributed by atoms with Crippen molar-refractivity contribution in [2.24, 2.45) is 5.92 Å². The SMILES string of the molecule is CCCCN(CC(C)C(=O)O)c1ccc(N(CC)CC)cc1. The smallest absolute Gasteiger partial charge is 0.308 e. The molecule has 124 valence electrons. The zero-order chi connectivity index (χ0) is 16.5. The highest BCUT2D eigenvalue weighted by Gasteiger charge is 2.16. The molecule has 4 heteroatoms. The molecule has 1 unspecified atom stereocenters. The van der Waals surface area contributed by atoms with Crippen molar-refractivity contribution in [3.05, 3.63) is 24.3 Å². The van der Waals surface area contributed by atoms with Gasteiger partial charge in [0.1, 0.15) is 0 Å². The Labute approximate surface area is 134 Å². The van der Waals surface area contributed by atoms with Gasteiger partial charge in [-0.3, -0.25) is 4.79 Å². The van der Waals surface area contributed by atoms with Crippen molar-refractivity contribution in [3.63, 3.8) is 0 Å². The van der Waals surface area contributed by atoms with Gasteiger partial charge in [0.05, 0.1) is 5.92 Å². The molecule has 0 aliphatic rings. The Bertz CT molecular complexity index is 441. The van der Waals surface area contributed by atoms with Crippen LogP contribution in [-0.4, -0.2) is 37.3 Å². The van der Waals surface area contributed by atoms with Crippen LogP contribution in [0.2, 0.25) is 0 Å². The van der Waals surface area contributed by atoms with Gasteiger partial charge >= 0.3 is 5.97 Å². The zero-order valence-electron chi connectivity index (χ0n) is 14.4. The number of nitrogens with zero attached hydrogens (tertiary/aromatic N) is 2. The number of hydrogen-bond acceptors (Lipinski definition) is 3. The Morgan fingerprint density at radius 2 is 1.55 bits per heavy atom. The molecule has 0 aliphatic heterocycles. The summed E-state index contributed by atoms with van der Waals surface area (Å²) < 4.78 is 0. The van der Waals surface area contributed by atoms with Crippen LogP contribution in [0.1, 0.15) is 40.5 Å². The molecule has 0 spiro atoms. The van der Waals surface area contributed by atoms with Crippen molar-refractivity contribution in [3.8, 4) is 0 Å². The van der Waals surface area contributed by atoms with Gasteiger partial charge in [-0.25, -0.2) is 0 Å². The fraction of sp³-hybridized carbons (Fsp3) is 0.611. The second-order valence-electron chi connectivity index (χ2n) is 5.73. The summed E-state index contributed by atoms with van der Waals surface area (Å²) in [7, 11) is 0. The van der Waals surface area contributed by atoms with E-state index in [0.717, 1.165) is 38.2 Å². The second-order valence-corrected chi connectivity index (χ2v) is 5.73. The summed E-state index contributed by atoms with van der Waals surface area (Å²) in [6.45, 7) is 11.7. The monoisotopic (exact) mass is 306 g/mol. The molecule has 1 atom stereocenters. The van der Waals surface area contributed by atoms with E-state index in [9.17, 15) is 4.79 Å². The lowest BCUT2D eigenvalue weighted by molar-refractivity contribution is -0.140. The van der Waals surface area contributed by atoms with E-state index in [2.05, 4.69) is 54.8 Å². The van der Waals surface area contributed by atoms with Crippen molar-refractivity contribution in [1.29, 1.82) is 0 Å². The first-order valence-corrected chi connectivity index (χ1v) is 8.36. The molecule has 0 heterocycles. The lowest BCUT2D eigenvalue weighted by Gasteiger charge is -2.28. The Morgan fingerprint density at radius 3 is 1.95 bits per heavy atom. The van der Waals surface area contributed by atoms with Crippen molar-refractivity contribution >= 4 is 17.3 Å². The molecule has 0 saturated carbocycles. The molecule has 1 rings (SSSR count). The third-order valence-corrected chi connectivity index (χ3v) is 4.04. The van der Waals surface area contributed by atoms with E-state index in [1.165, 1.54) is 5.69 Å². The maximum Gasteiger partial charge on any atom is 0.308 e. The maximum absolute atomic E-state index is 11.1. The minimum Gasteiger partial charge on any atom is -0.481 e. The lowest BCUT2D eigenvalue weighted by atomic mass is 10.1. The molecule has 0 radical (unpaired) electrons. The topological polar surface area (TPSA) is 43.8 Å². The summed E-state index contributed by atoms with van der Waals surface area (Å²) >= 11 is 0. The number of benzene rings is 1. The number of carboxylic acids is 1. The molecule has 0 saturated heterocycles. The maximum atomic E-state index is 11.1. The Balaban J connectivity index is 2.87. The number of carboxylic acid groups (broad SMARTS) is 1. The second kappa shape index (κ2) is 9.34. The lowest BCUT2D eigenvalue weighted by Crippen LogP contribution is -2.32. The van der Waals surface area contributed by atoms with Gasteiger partial charge in [0.2, 0.25) is 0 Å². The van der Waals surface area contributed by atoms with Gasteiger partial charge in [-0.1, -0.05) is 20.3 Å². The van der Waals surface area contributed by atoms with Crippen LogP contribution in [0, 0.1) is 5.92 Å². The fourth-order valence-electron chi connectivity index (χ4n) is 2.55. The van der Waals surface area contributed by atoms with E-state index in [4.69, 9.17) is 5.11 Å². The third-order valence-electron chi connectivity index (χ3n) is 4.04. The van der Waals surface area contributed by atoms with Crippen molar-refractivity contribution in [2.45, 2.75) is 40.5 Å². The summed E-state index contributed by atoms with van der Waals surface area (Å²) in [6, 6.07) is 8.48. The van der Waals surface area contributed by atoms with Crippen LogP contribution in [0.3, 0.4) is 0 Å². The van der Waals surface area contributed by atoms with E-state index >= 15 is 0 Å². The summed E-state index contributed by atoms with van der Waals surface area (Å²) in [5.74, 6) is -1.10. The predicted octanol–water partition coefficient (Wildman–Crippen LogP) is 3.86. The van der Waals surface area contributed by atoms with Crippen LogP contribution >= 0.6 is 0 Å². The van der Waals surface area contributed by atoms with Gasteiger partial charge in [0.15, 0.2) is 0 Å². The number of aliphatic carboxylic acids is 1. The Hall–Kier alpha value is -1.71.